The van der Waals surface area contributed by atoms with E-state index in [2.05, 4.69) is 216 Å². The van der Waals surface area contributed by atoms with Crippen molar-refractivity contribution in [2.75, 3.05) is 4.81 Å². The van der Waals surface area contributed by atoms with Crippen LogP contribution in [0.1, 0.15) is 77.6 Å². The van der Waals surface area contributed by atoms with Crippen LogP contribution in [0.2, 0.25) is 0 Å². The van der Waals surface area contributed by atoms with Gasteiger partial charge in [-0.2, -0.15) is 0 Å². The Labute approximate surface area is 354 Å². The van der Waals surface area contributed by atoms with Crippen molar-refractivity contribution in [3.05, 3.63) is 174 Å². The summed E-state index contributed by atoms with van der Waals surface area (Å²) in [6, 6.07) is 58.5. The van der Waals surface area contributed by atoms with Crippen molar-refractivity contribution >= 4 is 61.7 Å². The lowest BCUT2D eigenvalue weighted by Gasteiger charge is -2.43. The largest absolute Gasteiger partial charge is 0.376 e. The van der Waals surface area contributed by atoms with E-state index in [1.165, 1.54) is 116 Å². The fourth-order valence-electron chi connectivity index (χ4n) is 11.1. The number of anilines is 2. The minimum atomic E-state index is -0.0705. The van der Waals surface area contributed by atoms with E-state index in [-0.39, 0.29) is 23.1 Å². The van der Waals surface area contributed by atoms with Gasteiger partial charge in [-0.1, -0.05) is 159 Å². The van der Waals surface area contributed by atoms with Crippen LogP contribution in [0.15, 0.2) is 152 Å². The van der Waals surface area contributed by atoms with Crippen molar-refractivity contribution in [3.8, 4) is 39.1 Å². The number of aromatic nitrogens is 1. The third-order valence-electron chi connectivity index (χ3n) is 14.2. The Morgan fingerprint density at radius 1 is 0.500 bits per heavy atom. The molecule has 0 bridgehead atoms. The third-order valence-corrected chi connectivity index (χ3v) is 14.2. The monoisotopic (exact) mass is 772 g/mol. The van der Waals surface area contributed by atoms with Crippen LogP contribution < -0.4 is 15.7 Å². The molecule has 9 aromatic rings. The Hall–Kier alpha value is -6.32. The third kappa shape index (κ3) is 4.78. The van der Waals surface area contributed by atoms with Crippen LogP contribution >= 0.6 is 0 Å². The molecule has 2 nitrogen and oxygen atoms in total. The number of fused-ring (bicyclic) bond motifs is 12. The summed E-state index contributed by atoms with van der Waals surface area (Å²) >= 11 is 0. The number of nitrogens with zero attached hydrogens (tertiary/aromatic N) is 2. The highest BCUT2D eigenvalue weighted by atomic mass is 15.1. The van der Waals surface area contributed by atoms with Crippen molar-refractivity contribution < 1.29 is 0 Å². The molecule has 8 aromatic carbocycles. The molecule has 0 unspecified atom stereocenters. The number of rotatable bonds is 2. The van der Waals surface area contributed by atoms with E-state index in [0.29, 0.717) is 0 Å². The Bertz CT molecular complexity index is 3310. The van der Waals surface area contributed by atoms with Gasteiger partial charge in [0.25, 0.3) is 0 Å². The highest BCUT2D eigenvalue weighted by molar-refractivity contribution is 6.93. The second-order valence-corrected chi connectivity index (χ2v) is 20.2. The van der Waals surface area contributed by atoms with Crippen molar-refractivity contribution in [1.29, 1.82) is 0 Å². The van der Waals surface area contributed by atoms with E-state index in [0.717, 1.165) is 0 Å². The minimum Gasteiger partial charge on any atom is -0.376 e. The van der Waals surface area contributed by atoms with Gasteiger partial charge in [0.1, 0.15) is 0 Å². The summed E-state index contributed by atoms with van der Waals surface area (Å²) in [5.41, 5.74) is 22.3. The molecule has 0 N–H and O–H groups in total. The fourth-order valence-corrected chi connectivity index (χ4v) is 11.1. The van der Waals surface area contributed by atoms with Gasteiger partial charge in [0.2, 0.25) is 0 Å². The molecule has 3 heteroatoms. The van der Waals surface area contributed by atoms with Crippen LogP contribution in [0.5, 0.6) is 0 Å². The molecule has 12 rings (SSSR count). The van der Waals surface area contributed by atoms with Crippen LogP contribution in [0.25, 0.3) is 71.6 Å². The predicted octanol–water partition coefficient (Wildman–Crippen LogP) is 13.7. The van der Waals surface area contributed by atoms with Gasteiger partial charge < -0.3 is 9.38 Å². The van der Waals surface area contributed by atoms with E-state index in [1.807, 2.05) is 0 Å². The molecule has 0 radical (unpaired) electrons. The molecule has 3 aliphatic rings. The molecule has 1 aliphatic carbocycles. The first-order valence-corrected chi connectivity index (χ1v) is 21.7. The summed E-state index contributed by atoms with van der Waals surface area (Å²) in [6.45, 7) is 18.8. The maximum atomic E-state index is 2.72. The predicted molar refractivity (Wildman–Crippen MR) is 258 cm³/mol. The average Bonchev–Trinajstić information content (AvgIpc) is 3.69. The summed E-state index contributed by atoms with van der Waals surface area (Å²) in [7, 11) is 0. The van der Waals surface area contributed by atoms with E-state index >= 15 is 0 Å². The zero-order valence-electron chi connectivity index (χ0n) is 35.9. The lowest BCUT2D eigenvalue weighted by molar-refractivity contribution is 0.590. The molecule has 1 aromatic heterocycles. The number of hydrogen-bond donors (Lipinski definition) is 0. The molecule has 60 heavy (non-hydrogen) atoms. The van der Waals surface area contributed by atoms with Gasteiger partial charge in [-0.25, -0.2) is 0 Å². The lowest BCUT2D eigenvalue weighted by Crippen LogP contribution is -2.60. The first-order valence-electron chi connectivity index (χ1n) is 21.7. The first-order chi connectivity index (χ1) is 28.8. The SMILES string of the molecule is CC(C)(C)c1ccc2c(c1)c1cc(C(C)(C)C)cc3c1n2-c1cc(-c2ccccc2)cc2c1B3N(c1ccc3c(c1)-c1ccccc1C3(C)C)c1ccc3ccccc3c1-2. The molecule has 0 saturated heterocycles. The molecule has 3 heterocycles. The van der Waals surface area contributed by atoms with E-state index in [9.17, 15) is 0 Å². The van der Waals surface area contributed by atoms with Crippen LogP contribution in [0.4, 0.5) is 11.4 Å². The fraction of sp³-hybridized carbons (Fsp3) is 0.193. The van der Waals surface area contributed by atoms with Gasteiger partial charge in [-0.15, -0.1) is 0 Å². The Balaban J connectivity index is 1.27. The normalized spacial score (nSPS) is 14.7. The second kappa shape index (κ2) is 11.9. The average molecular weight is 773 g/mol. The van der Waals surface area contributed by atoms with Gasteiger partial charge in [0.05, 0.1) is 11.0 Å². The van der Waals surface area contributed by atoms with Gasteiger partial charge in [-0.05, 0) is 131 Å². The van der Waals surface area contributed by atoms with E-state index in [4.69, 9.17) is 0 Å². The maximum Gasteiger partial charge on any atom is 0.333 e. The van der Waals surface area contributed by atoms with Crippen LogP contribution in [0.3, 0.4) is 0 Å². The van der Waals surface area contributed by atoms with E-state index in [1.54, 1.807) is 0 Å². The Kier molecular flexibility index (Phi) is 7.07. The quantitative estimate of drug-likeness (QED) is 0.159. The standard InChI is InChI=1S/C57H49BN2/c1-55(2,3)37-23-27-49-43(30-37)44-31-38(56(4,5)6)32-48-54(44)59(49)51-29-36(34-16-10-9-11-17-34)28-45-52-40-19-13-12-18-35(40)22-26-50(52)60(58(48)53(45)51)39-24-25-47-42(33-39)41-20-14-15-21-46(41)57(47,7)8/h9-33H,1-8H3. The van der Waals surface area contributed by atoms with Gasteiger partial charge in [-0.3, -0.25) is 0 Å². The number of benzene rings is 8. The summed E-state index contributed by atoms with van der Waals surface area (Å²) in [5, 5.41) is 5.20. The Morgan fingerprint density at radius 3 is 2.02 bits per heavy atom. The van der Waals surface area contributed by atoms with Gasteiger partial charge >= 0.3 is 6.85 Å². The van der Waals surface area contributed by atoms with Crippen molar-refractivity contribution in [2.24, 2.45) is 0 Å². The lowest BCUT2D eigenvalue weighted by atomic mass is 9.43. The highest BCUT2D eigenvalue weighted by Gasteiger charge is 2.46. The zero-order valence-corrected chi connectivity index (χ0v) is 35.9. The molecule has 0 fully saturated rings. The van der Waals surface area contributed by atoms with Crippen molar-refractivity contribution in [1.82, 2.24) is 4.57 Å². The molecule has 290 valence electrons. The first kappa shape index (κ1) is 35.6. The molecular formula is C57H49BN2. The second-order valence-electron chi connectivity index (χ2n) is 20.2. The molecular weight excluding hydrogens is 723 g/mol. The van der Waals surface area contributed by atoms with Crippen LogP contribution in [0, 0.1) is 0 Å². The topological polar surface area (TPSA) is 8.17 Å². The van der Waals surface area contributed by atoms with Crippen LogP contribution in [-0.4, -0.2) is 11.4 Å². The summed E-state index contributed by atoms with van der Waals surface area (Å²) in [6.07, 6.45) is 0. The minimum absolute atomic E-state index is 0.0184. The molecule has 0 atom stereocenters. The van der Waals surface area contributed by atoms with Crippen molar-refractivity contribution in [2.45, 2.75) is 71.6 Å². The summed E-state index contributed by atoms with van der Waals surface area (Å²) < 4.78 is 2.64. The molecule has 0 saturated carbocycles. The summed E-state index contributed by atoms with van der Waals surface area (Å²) in [5.74, 6) is 0. The summed E-state index contributed by atoms with van der Waals surface area (Å²) in [4.78, 5) is 2.72. The molecule has 0 amide bonds. The Morgan fingerprint density at radius 2 is 1.22 bits per heavy atom. The van der Waals surface area contributed by atoms with Crippen molar-refractivity contribution in [3.63, 3.8) is 0 Å². The van der Waals surface area contributed by atoms with Gasteiger partial charge in [0, 0.05) is 38.8 Å². The number of hydrogen-bond acceptors (Lipinski definition) is 1. The highest BCUT2D eigenvalue weighted by Crippen LogP contribution is 2.53. The zero-order chi connectivity index (χ0) is 41.0. The maximum absolute atomic E-state index is 2.72. The molecule has 0 spiro atoms. The smallest absolute Gasteiger partial charge is 0.333 e. The van der Waals surface area contributed by atoms with Crippen LogP contribution in [-0.2, 0) is 16.2 Å². The van der Waals surface area contributed by atoms with E-state index < -0.39 is 0 Å². The molecule has 2 aliphatic heterocycles. The van der Waals surface area contributed by atoms with Gasteiger partial charge in [0.15, 0.2) is 0 Å².